The van der Waals surface area contributed by atoms with Gasteiger partial charge in [0.2, 0.25) is 11.8 Å². The second kappa shape index (κ2) is 9.32. The van der Waals surface area contributed by atoms with Gasteiger partial charge in [0.05, 0.1) is 11.8 Å². The van der Waals surface area contributed by atoms with Crippen LogP contribution in [0.4, 0.5) is 15.8 Å². The first kappa shape index (κ1) is 21.4. The number of halogens is 1. The zero-order chi connectivity index (χ0) is 20.7. The smallest absolute Gasteiger partial charge is 0.239 e. The number of ether oxygens (including phenoxy) is 1. The SMILES string of the molecule is CC(C)Oc1ccccc1NC(=O)CS(=O)(=O)CC(=O)Nc1ccc(F)cc1. The van der Waals surface area contributed by atoms with Crippen LogP contribution in [0.15, 0.2) is 48.5 Å². The molecule has 0 atom stereocenters. The summed E-state index contributed by atoms with van der Waals surface area (Å²) in [7, 11) is -4.00. The normalized spacial score (nSPS) is 11.1. The van der Waals surface area contributed by atoms with Crippen molar-refractivity contribution in [3.05, 3.63) is 54.3 Å². The van der Waals surface area contributed by atoms with Crippen LogP contribution < -0.4 is 15.4 Å². The topological polar surface area (TPSA) is 102 Å². The Morgan fingerprint density at radius 2 is 1.54 bits per heavy atom. The average Bonchev–Trinajstić information content (AvgIpc) is 2.57. The summed E-state index contributed by atoms with van der Waals surface area (Å²) >= 11 is 0. The lowest BCUT2D eigenvalue weighted by Crippen LogP contribution is -2.30. The van der Waals surface area contributed by atoms with Gasteiger partial charge in [0.1, 0.15) is 23.1 Å². The van der Waals surface area contributed by atoms with Crippen LogP contribution in [0.1, 0.15) is 13.8 Å². The number of nitrogens with one attached hydrogen (secondary N) is 2. The van der Waals surface area contributed by atoms with Crippen LogP contribution in [0.5, 0.6) is 5.75 Å². The summed E-state index contributed by atoms with van der Waals surface area (Å²) in [5.74, 6) is -3.40. The fraction of sp³-hybridized carbons (Fsp3) is 0.263. The molecule has 2 rings (SSSR count). The first-order valence-corrected chi connectivity index (χ1v) is 10.3. The quantitative estimate of drug-likeness (QED) is 0.699. The molecule has 0 radical (unpaired) electrons. The molecule has 2 aromatic rings. The van der Waals surface area contributed by atoms with Gasteiger partial charge in [-0.2, -0.15) is 0 Å². The maximum absolute atomic E-state index is 12.9. The Morgan fingerprint density at radius 1 is 0.964 bits per heavy atom. The van der Waals surface area contributed by atoms with Crippen molar-refractivity contribution in [1.29, 1.82) is 0 Å². The Kier molecular flexibility index (Phi) is 7.11. The molecule has 2 aromatic carbocycles. The Hall–Kier alpha value is -2.94. The van der Waals surface area contributed by atoms with Gasteiger partial charge < -0.3 is 15.4 Å². The molecular weight excluding hydrogens is 387 g/mol. The van der Waals surface area contributed by atoms with E-state index < -0.39 is 39.0 Å². The van der Waals surface area contributed by atoms with Crippen LogP contribution in [0.2, 0.25) is 0 Å². The molecule has 2 amide bonds. The molecule has 0 aromatic heterocycles. The Bertz CT molecular complexity index is 943. The summed E-state index contributed by atoms with van der Waals surface area (Å²) in [6, 6.07) is 11.5. The molecule has 150 valence electrons. The Labute approximate surface area is 162 Å². The maximum Gasteiger partial charge on any atom is 0.239 e. The molecule has 0 saturated heterocycles. The number of anilines is 2. The van der Waals surface area contributed by atoms with Gasteiger partial charge in [-0.3, -0.25) is 9.59 Å². The van der Waals surface area contributed by atoms with Crippen molar-refractivity contribution in [2.75, 3.05) is 22.1 Å². The second-order valence-corrected chi connectivity index (χ2v) is 8.36. The van der Waals surface area contributed by atoms with Crippen LogP contribution in [0.3, 0.4) is 0 Å². The van der Waals surface area contributed by atoms with E-state index in [4.69, 9.17) is 4.74 Å². The molecule has 0 spiro atoms. The molecule has 0 bridgehead atoms. The van der Waals surface area contributed by atoms with E-state index in [1.807, 2.05) is 13.8 Å². The highest BCUT2D eigenvalue weighted by atomic mass is 32.2. The summed E-state index contributed by atoms with van der Waals surface area (Å²) in [4.78, 5) is 24.0. The number of carbonyl (C=O) groups excluding carboxylic acids is 2. The van der Waals surface area contributed by atoms with Crippen molar-refractivity contribution in [1.82, 2.24) is 0 Å². The van der Waals surface area contributed by atoms with Crippen molar-refractivity contribution >= 4 is 33.0 Å². The van der Waals surface area contributed by atoms with E-state index >= 15 is 0 Å². The van der Waals surface area contributed by atoms with E-state index in [0.717, 1.165) is 12.1 Å². The third-order valence-electron chi connectivity index (χ3n) is 3.35. The van der Waals surface area contributed by atoms with Gasteiger partial charge in [0.15, 0.2) is 9.84 Å². The van der Waals surface area contributed by atoms with E-state index in [2.05, 4.69) is 10.6 Å². The highest BCUT2D eigenvalue weighted by molar-refractivity contribution is 7.92. The highest BCUT2D eigenvalue weighted by Gasteiger charge is 2.22. The highest BCUT2D eigenvalue weighted by Crippen LogP contribution is 2.24. The predicted molar refractivity (Wildman–Crippen MR) is 105 cm³/mol. The van der Waals surface area contributed by atoms with Gasteiger partial charge in [0, 0.05) is 5.69 Å². The predicted octanol–water partition coefficient (Wildman–Crippen LogP) is 2.60. The minimum absolute atomic E-state index is 0.128. The summed E-state index contributed by atoms with van der Waals surface area (Å²) in [5, 5.41) is 4.83. The van der Waals surface area contributed by atoms with E-state index in [-0.39, 0.29) is 11.8 Å². The minimum atomic E-state index is -4.00. The van der Waals surface area contributed by atoms with Gasteiger partial charge >= 0.3 is 0 Å². The van der Waals surface area contributed by atoms with Crippen LogP contribution >= 0.6 is 0 Å². The van der Waals surface area contributed by atoms with E-state index in [1.54, 1.807) is 24.3 Å². The first-order chi connectivity index (χ1) is 13.1. The van der Waals surface area contributed by atoms with Crippen molar-refractivity contribution < 1.29 is 27.1 Å². The van der Waals surface area contributed by atoms with Gasteiger partial charge in [-0.1, -0.05) is 12.1 Å². The third kappa shape index (κ3) is 6.99. The number of hydrogen-bond donors (Lipinski definition) is 2. The van der Waals surface area contributed by atoms with Crippen LogP contribution in [0.25, 0.3) is 0 Å². The standard InChI is InChI=1S/C19H21FN2O5S/c1-13(2)27-17-6-4-3-5-16(17)22-19(24)12-28(25,26)11-18(23)21-15-9-7-14(20)8-10-15/h3-10,13H,11-12H2,1-2H3,(H,21,23)(H,22,24). The molecule has 0 aliphatic heterocycles. The van der Waals surface area contributed by atoms with E-state index in [9.17, 15) is 22.4 Å². The van der Waals surface area contributed by atoms with Gasteiger partial charge in [-0.15, -0.1) is 0 Å². The molecule has 0 aliphatic carbocycles. The Balaban J connectivity index is 1.95. The van der Waals surface area contributed by atoms with Crippen molar-refractivity contribution in [3.63, 3.8) is 0 Å². The lowest BCUT2D eigenvalue weighted by Gasteiger charge is -2.14. The number of amides is 2. The second-order valence-electron chi connectivity index (χ2n) is 6.30. The number of para-hydroxylation sites is 2. The monoisotopic (exact) mass is 408 g/mol. The zero-order valence-corrected chi connectivity index (χ0v) is 16.3. The third-order valence-corrected chi connectivity index (χ3v) is 4.76. The van der Waals surface area contributed by atoms with Gasteiger partial charge in [0.25, 0.3) is 0 Å². The van der Waals surface area contributed by atoms with Crippen molar-refractivity contribution in [3.8, 4) is 5.75 Å². The molecule has 2 N–H and O–H groups in total. The zero-order valence-electron chi connectivity index (χ0n) is 15.4. The number of benzene rings is 2. The number of hydrogen-bond acceptors (Lipinski definition) is 5. The summed E-state index contributed by atoms with van der Waals surface area (Å²) in [6.45, 7) is 3.64. The molecular formula is C19H21FN2O5S. The number of carbonyl (C=O) groups is 2. The molecule has 9 heteroatoms. The van der Waals surface area contributed by atoms with Gasteiger partial charge in [-0.25, -0.2) is 12.8 Å². The molecule has 0 aliphatic rings. The summed E-state index contributed by atoms with van der Waals surface area (Å²) < 4.78 is 42.7. The minimum Gasteiger partial charge on any atom is -0.489 e. The lowest BCUT2D eigenvalue weighted by atomic mass is 10.3. The number of sulfone groups is 1. The average molecular weight is 408 g/mol. The Morgan fingerprint density at radius 3 is 2.14 bits per heavy atom. The van der Waals surface area contributed by atoms with Crippen molar-refractivity contribution in [2.24, 2.45) is 0 Å². The molecule has 0 saturated carbocycles. The molecule has 7 nitrogen and oxygen atoms in total. The summed E-state index contributed by atoms with van der Waals surface area (Å²) in [5.41, 5.74) is 0.595. The number of rotatable bonds is 8. The first-order valence-electron chi connectivity index (χ1n) is 8.46. The van der Waals surface area contributed by atoms with E-state index in [1.165, 1.54) is 12.1 Å². The van der Waals surface area contributed by atoms with E-state index in [0.29, 0.717) is 11.4 Å². The fourth-order valence-corrected chi connectivity index (χ4v) is 3.34. The summed E-state index contributed by atoms with van der Waals surface area (Å²) in [6.07, 6.45) is -0.128. The fourth-order valence-electron chi connectivity index (χ4n) is 2.29. The maximum atomic E-state index is 12.9. The molecule has 0 heterocycles. The largest absolute Gasteiger partial charge is 0.489 e. The molecule has 28 heavy (non-hydrogen) atoms. The van der Waals surface area contributed by atoms with Crippen molar-refractivity contribution in [2.45, 2.75) is 20.0 Å². The molecule has 0 fully saturated rings. The van der Waals surface area contributed by atoms with Crippen LogP contribution in [-0.4, -0.2) is 37.8 Å². The van der Waals surface area contributed by atoms with Gasteiger partial charge in [-0.05, 0) is 50.2 Å². The van der Waals surface area contributed by atoms with Crippen LogP contribution in [0, 0.1) is 5.82 Å². The van der Waals surface area contributed by atoms with Crippen LogP contribution in [-0.2, 0) is 19.4 Å². The lowest BCUT2D eigenvalue weighted by molar-refractivity contribution is -0.114. The molecule has 0 unspecified atom stereocenters.